The normalized spacial score (nSPS) is 10.6. The SMILES string of the molecule is Cc1ccc(NC(=O)c2nnc(-c3ccc(F)cc3)o2)cc1C. The summed E-state index contributed by atoms with van der Waals surface area (Å²) in [5.74, 6) is -0.840. The molecule has 1 N–H and O–H groups in total. The maximum Gasteiger partial charge on any atom is 0.313 e. The molecule has 2 aromatic carbocycles. The fraction of sp³-hybridized carbons (Fsp3) is 0.118. The van der Waals surface area contributed by atoms with Crippen molar-refractivity contribution in [1.29, 1.82) is 0 Å². The molecule has 5 nitrogen and oxygen atoms in total. The van der Waals surface area contributed by atoms with Crippen LogP contribution >= 0.6 is 0 Å². The monoisotopic (exact) mass is 311 g/mol. The van der Waals surface area contributed by atoms with Crippen LogP contribution in [0.1, 0.15) is 21.8 Å². The molecule has 116 valence electrons. The Kier molecular flexibility index (Phi) is 3.89. The van der Waals surface area contributed by atoms with Gasteiger partial charge in [-0.15, -0.1) is 10.2 Å². The molecule has 0 bridgehead atoms. The summed E-state index contributed by atoms with van der Waals surface area (Å²) in [6.07, 6.45) is 0. The summed E-state index contributed by atoms with van der Waals surface area (Å²) in [6.45, 7) is 3.96. The number of anilines is 1. The number of halogens is 1. The van der Waals surface area contributed by atoms with Crippen molar-refractivity contribution in [2.45, 2.75) is 13.8 Å². The number of carbonyl (C=O) groups is 1. The van der Waals surface area contributed by atoms with E-state index in [1.54, 1.807) is 6.07 Å². The summed E-state index contributed by atoms with van der Waals surface area (Å²) in [4.78, 5) is 12.1. The summed E-state index contributed by atoms with van der Waals surface area (Å²) < 4.78 is 18.2. The van der Waals surface area contributed by atoms with Gasteiger partial charge in [0.15, 0.2) is 0 Å². The molecule has 1 amide bonds. The molecule has 0 atom stereocenters. The second-order valence-corrected chi connectivity index (χ2v) is 5.17. The number of nitrogens with one attached hydrogen (secondary N) is 1. The van der Waals surface area contributed by atoms with Gasteiger partial charge in [-0.25, -0.2) is 4.39 Å². The minimum atomic E-state index is -0.492. The lowest BCUT2D eigenvalue weighted by Gasteiger charge is -2.05. The van der Waals surface area contributed by atoms with Gasteiger partial charge in [-0.1, -0.05) is 6.07 Å². The van der Waals surface area contributed by atoms with E-state index in [0.29, 0.717) is 11.3 Å². The van der Waals surface area contributed by atoms with E-state index in [4.69, 9.17) is 4.42 Å². The quantitative estimate of drug-likeness (QED) is 0.800. The molecule has 0 saturated heterocycles. The summed E-state index contributed by atoms with van der Waals surface area (Å²) in [7, 11) is 0. The van der Waals surface area contributed by atoms with Gasteiger partial charge < -0.3 is 9.73 Å². The predicted molar refractivity (Wildman–Crippen MR) is 83.6 cm³/mol. The molecule has 0 aliphatic heterocycles. The molecule has 0 radical (unpaired) electrons. The van der Waals surface area contributed by atoms with Crippen LogP contribution in [-0.4, -0.2) is 16.1 Å². The summed E-state index contributed by atoms with van der Waals surface area (Å²) in [6, 6.07) is 11.2. The predicted octanol–water partition coefficient (Wildman–Crippen LogP) is 3.74. The highest BCUT2D eigenvalue weighted by atomic mass is 19.1. The molecule has 0 unspecified atom stereocenters. The molecule has 0 aliphatic carbocycles. The van der Waals surface area contributed by atoms with E-state index in [-0.39, 0.29) is 17.6 Å². The molecule has 1 aromatic heterocycles. The standard InChI is InChI=1S/C17H14FN3O2/c1-10-3-8-14(9-11(10)2)19-15(22)17-21-20-16(23-17)12-4-6-13(18)7-5-12/h3-9H,1-2H3,(H,19,22). The number of aromatic nitrogens is 2. The Morgan fingerprint density at radius 1 is 1.04 bits per heavy atom. The molecule has 23 heavy (non-hydrogen) atoms. The second-order valence-electron chi connectivity index (χ2n) is 5.17. The zero-order valence-electron chi connectivity index (χ0n) is 12.6. The summed E-state index contributed by atoms with van der Waals surface area (Å²) >= 11 is 0. The van der Waals surface area contributed by atoms with E-state index in [0.717, 1.165) is 11.1 Å². The second kappa shape index (κ2) is 6.00. The first-order valence-corrected chi connectivity index (χ1v) is 7.01. The van der Waals surface area contributed by atoms with Crippen molar-refractivity contribution >= 4 is 11.6 Å². The number of hydrogen-bond donors (Lipinski definition) is 1. The maximum absolute atomic E-state index is 12.9. The number of aryl methyl sites for hydroxylation is 2. The van der Waals surface area contributed by atoms with Crippen molar-refractivity contribution < 1.29 is 13.6 Å². The average Bonchev–Trinajstić information content (AvgIpc) is 3.02. The maximum atomic E-state index is 12.9. The van der Waals surface area contributed by atoms with Crippen LogP contribution in [0, 0.1) is 19.7 Å². The van der Waals surface area contributed by atoms with Crippen LogP contribution in [0.2, 0.25) is 0 Å². The smallest absolute Gasteiger partial charge is 0.313 e. The van der Waals surface area contributed by atoms with Gasteiger partial charge in [0.1, 0.15) is 5.82 Å². The van der Waals surface area contributed by atoms with Crippen molar-refractivity contribution in [2.75, 3.05) is 5.32 Å². The zero-order valence-corrected chi connectivity index (χ0v) is 12.6. The number of amides is 1. The lowest BCUT2D eigenvalue weighted by atomic mass is 10.1. The fourth-order valence-corrected chi connectivity index (χ4v) is 2.03. The zero-order chi connectivity index (χ0) is 16.4. The van der Waals surface area contributed by atoms with Crippen molar-refractivity contribution in [3.8, 4) is 11.5 Å². The number of rotatable bonds is 3. The Balaban J connectivity index is 1.78. The Hall–Kier alpha value is -3.02. The largest absolute Gasteiger partial charge is 0.412 e. The lowest BCUT2D eigenvalue weighted by molar-refractivity contribution is 0.0991. The van der Waals surface area contributed by atoms with Crippen LogP contribution in [0.5, 0.6) is 0 Å². The third-order valence-corrected chi connectivity index (χ3v) is 3.48. The van der Waals surface area contributed by atoms with E-state index < -0.39 is 5.91 Å². The molecule has 0 fully saturated rings. The molecule has 1 heterocycles. The highest BCUT2D eigenvalue weighted by Crippen LogP contribution is 2.19. The van der Waals surface area contributed by atoms with Gasteiger partial charge in [-0.2, -0.15) is 0 Å². The molecule has 3 rings (SSSR count). The first kappa shape index (κ1) is 14.9. The molecular formula is C17H14FN3O2. The lowest BCUT2D eigenvalue weighted by Crippen LogP contribution is -2.12. The van der Waals surface area contributed by atoms with Crippen LogP contribution in [0.25, 0.3) is 11.5 Å². The number of benzene rings is 2. The fourth-order valence-electron chi connectivity index (χ4n) is 2.03. The van der Waals surface area contributed by atoms with E-state index in [2.05, 4.69) is 15.5 Å². The Labute approximate surface area is 132 Å². The van der Waals surface area contributed by atoms with Crippen molar-refractivity contribution in [1.82, 2.24) is 10.2 Å². The van der Waals surface area contributed by atoms with Crippen molar-refractivity contribution in [3.63, 3.8) is 0 Å². The summed E-state index contributed by atoms with van der Waals surface area (Å²) in [5, 5.41) is 10.2. The molecule has 0 spiro atoms. The van der Waals surface area contributed by atoms with E-state index >= 15 is 0 Å². The van der Waals surface area contributed by atoms with Crippen molar-refractivity contribution in [3.05, 3.63) is 65.3 Å². The first-order valence-electron chi connectivity index (χ1n) is 7.01. The van der Waals surface area contributed by atoms with Crippen molar-refractivity contribution in [2.24, 2.45) is 0 Å². The Bertz CT molecular complexity index is 857. The van der Waals surface area contributed by atoms with Gasteiger partial charge in [-0.05, 0) is 61.4 Å². The van der Waals surface area contributed by atoms with Gasteiger partial charge in [0.25, 0.3) is 0 Å². The topological polar surface area (TPSA) is 68.0 Å². The average molecular weight is 311 g/mol. The minimum absolute atomic E-state index is 0.150. The Morgan fingerprint density at radius 3 is 2.48 bits per heavy atom. The van der Waals surface area contributed by atoms with E-state index in [1.807, 2.05) is 26.0 Å². The molecule has 0 saturated carbocycles. The van der Waals surface area contributed by atoms with E-state index in [1.165, 1.54) is 24.3 Å². The number of nitrogens with zero attached hydrogens (tertiary/aromatic N) is 2. The van der Waals surface area contributed by atoms with Gasteiger partial charge >= 0.3 is 11.8 Å². The highest BCUT2D eigenvalue weighted by molar-refractivity contribution is 6.01. The minimum Gasteiger partial charge on any atom is -0.412 e. The third-order valence-electron chi connectivity index (χ3n) is 3.48. The van der Waals surface area contributed by atoms with Gasteiger partial charge in [0.2, 0.25) is 5.89 Å². The molecular weight excluding hydrogens is 297 g/mol. The first-order chi connectivity index (χ1) is 11.0. The van der Waals surface area contributed by atoms with Gasteiger partial charge in [0.05, 0.1) is 0 Å². The molecule has 6 heteroatoms. The third kappa shape index (κ3) is 3.26. The van der Waals surface area contributed by atoms with Gasteiger partial charge in [-0.3, -0.25) is 4.79 Å². The number of hydrogen-bond acceptors (Lipinski definition) is 4. The Morgan fingerprint density at radius 2 is 1.78 bits per heavy atom. The van der Waals surface area contributed by atoms with Crippen LogP contribution in [0.3, 0.4) is 0 Å². The molecule has 0 aliphatic rings. The van der Waals surface area contributed by atoms with Crippen LogP contribution in [0.15, 0.2) is 46.9 Å². The van der Waals surface area contributed by atoms with Gasteiger partial charge in [0, 0.05) is 11.3 Å². The number of carbonyl (C=O) groups excluding carboxylic acids is 1. The van der Waals surface area contributed by atoms with Crippen LogP contribution in [-0.2, 0) is 0 Å². The van der Waals surface area contributed by atoms with E-state index in [9.17, 15) is 9.18 Å². The molecule has 3 aromatic rings. The van der Waals surface area contributed by atoms with Crippen LogP contribution in [0.4, 0.5) is 10.1 Å². The van der Waals surface area contributed by atoms with Crippen LogP contribution < -0.4 is 5.32 Å². The highest BCUT2D eigenvalue weighted by Gasteiger charge is 2.16. The summed E-state index contributed by atoms with van der Waals surface area (Å²) in [5.41, 5.74) is 3.41.